The molecule has 0 N–H and O–H groups in total. The Labute approximate surface area is 176 Å². The van der Waals surface area contributed by atoms with Gasteiger partial charge in [0.15, 0.2) is 6.29 Å². The van der Waals surface area contributed by atoms with E-state index in [0.29, 0.717) is 19.3 Å². The normalized spacial score (nSPS) is 25.6. The van der Waals surface area contributed by atoms with Gasteiger partial charge >= 0.3 is 0 Å². The molecule has 0 saturated carbocycles. The first-order chi connectivity index (χ1) is 12.7. The minimum absolute atomic E-state index is 0.0448. The molecule has 2 aliphatic heterocycles. The lowest BCUT2D eigenvalue weighted by Crippen LogP contribution is -2.26. The standard InChI is InChI=1S/C19H31IO6S/c1-14-13-17(8-10-19-23-11-4-12-24-19)25-18(14)9-7-16(6-5-15(2)20)26-27(3,21)22/h16-19H,1-2,4-13H2,3H3/t16-,17-,18-/m0/s1. The van der Waals surface area contributed by atoms with Crippen LogP contribution in [-0.4, -0.2) is 52.5 Å². The third-order valence-corrected chi connectivity index (χ3v) is 5.88. The van der Waals surface area contributed by atoms with Gasteiger partial charge in [0.05, 0.1) is 37.8 Å². The van der Waals surface area contributed by atoms with Crippen molar-refractivity contribution in [3.05, 3.63) is 22.3 Å². The molecule has 0 aromatic heterocycles. The van der Waals surface area contributed by atoms with E-state index >= 15 is 0 Å². The van der Waals surface area contributed by atoms with Gasteiger partial charge < -0.3 is 14.2 Å². The molecule has 0 radical (unpaired) electrons. The summed E-state index contributed by atoms with van der Waals surface area (Å²) in [7, 11) is -3.49. The van der Waals surface area contributed by atoms with Crippen LogP contribution in [0.3, 0.4) is 0 Å². The summed E-state index contributed by atoms with van der Waals surface area (Å²) in [4.78, 5) is 0. The van der Waals surface area contributed by atoms with Gasteiger partial charge in [0, 0.05) is 6.42 Å². The van der Waals surface area contributed by atoms with Crippen molar-refractivity contribution in [3.8, 4) is 0 Å². The smallest absolute Gasteiger partial charge is 0.264 e. The zero-order valence-corrected chi connectivity index (χ0v) is 19.0. The van der Waals surface area contributed by atoms with Crippen molar-refractivity contribution in [2.24, 2.45) is 0 Å². The Bertz CT molecular complexity index is 599. The number of rotatable bonds is 11. The fourth-order valence-electron chi connectivity index (χ4n) is 3.41. The molecule has 0 aromatic rings. The van der Waals surface area contributed by atoms with Crippen LogP contribution in [0.25, 0.3) is 0 Å². The van der Waals surface area contributed by atoms with E-state index in [2.05, 4.69) is 35.7 Å². The topological polar surface area (TPSA) is 71.1 Å². The van der Waals surface area contributed by atoms with Crippen LogP contribution in [0, 0.1) is 0 Å². The minimum atomic E-state index is -3.49. The summed E-state index contributed by atoms with van der Waals surface area (Å²) in [6, 6.07) is 0. The SMILES string of the molecule is C=C(I)CC[C@@H](CC[C@@H]1O[C@@H](CCC2OCCCO2)CC1=C)OS(C)(=O)=O. The Morgan fingerprint density at radius 3 is 2.59 bits per heavy atom. The fourth-order valence-corrected chi connectivity index (χ4v) is 4.41. The van der Waals surface area contributed by atoms with Crippen molar-refractivity contribution in [1.29, 1.82) is 0 Å². The minimum Gasteiger partial charge on any atom is -0.370 e. The van der Waals surface area contributed by atoms with E-state index in [1.54, 1.807) is 0 Å². The van der Waals surface area contributed by atoms with Gasteiger partial charge in [-0.1, -0.05) is 13.2 Å². The van der Waals surface area contributed by atoms with Crippen LogP contribution in [0.4, 0.5) is 0 Å². The second kappa shape index (κ2) is 11.3. The summed E-state index contributed by atoms with van der Waals surface area (Å²) in [6.45, 7) is 9.53. The number of allylic oxidation sites excluding steroid dienone is 1. The maximum atomic E-state index is 11.5. The highest BCUT2D eigenvalue weighted by Crippen LogP contribution is 2.32. The highest BCUT2D eigenvalue weighted by atomic mass is 127. The number of halogens is 1. The van der Waals surface area contributed by atoms with E-state index in [1.165, 1.54) is 0 Å². The van der Waals surface area contributed by atoms with Crippen molar-refractivity contribution in [1.82, 2.24) is 0 Å². The average molecular weight is 514 g/mol. The third kappa shape index (κ3) is 9.36. The summed E-state index contributed by atoms with van der Waals surface area (Å²) in [5.74, 6) is 0. The molecule has 6 nitrogen and oxygen atoms in total. The number of hydrogen-bond acceptors (Lipinski definition) is 6. The lowest BCUT2D eigenvalue weighted by atomic mass is 10.0. The molecule has 0 amide bonds. The van der Waals surface area contributed by atoms with E-state index in [0.717, 1.165) is 60.7 Å². The quantitative estimate of drug-likeness (QED) is 0.235. The predicted molar refractivity (Wildman–Crippen MR) is 113 cm³/mol. The Morgan fingerprint density at radius 2 is 1.96 bits per heavy atom. The molecule has 0 spiro atoms. The first-order valence-electron chi connectivity index (χ1n) is 9.51. The first-order valence-corrected chi connectivity index (χ1v) is 12.4. The molecule has 2 rings (SSSR count). The van der Waals surface area contributed by atoms with Crippen LogP contribution in [0.15, 0.2) is 22.3 Å². The van der Waals surface area contributed by atoms with E-state index in [9.17, 15) is 8.42 Å². The van der Waals surface area contributed by atoms with E-state index in [4.69, 9.17) is 18.4 Å². The highest BCUT2D eigenvalue weighted by Gasteiger charge is 2.30. The van der Waals surface area contributed by atoms with Gasteiger partial charge in [-0.2, -0.15) is 8.42 Å². The number of ether oxygens (including phenoxy) is 3. The molecule has 0 aliphatic carbocycles. The molecule has 156 valence electrons. The van der Waals surface area contributed by atoms with Crippen molar-refractivity contribution in [2.75, 3.05) is 19.5 Å². The second-order valence-electron chi connectivity index (χ2n) is 7.27. The van der Waals surface area contributed by atoms with Gasteiger partial charge in [0.2, 0.25) is 0 Å². The maximum Gasteiger partial charge on any atom is 0.264 e. The second-order valence-corrected chi connectivity index (χ2v) is 10.4. The maximum absolute atomic E-state index is 11.5. The van der Waals surface area contributed by atoms with Gasteiger partial charge in [0.25, 0.3) is 10.1 Å². The first kappa shape index (κ1) is 23.3. The van der Waals surface area contributed by atoms with Crippen LogP contribution in [0.5, 0.6) is 0 Å². The van der Waals surface area contributed by atoms with Crippen molar-refractivity contribution in [2.45, 2.75) is 76.0 Å². The fraction of sp³-hybridized carbons (Fsp3) is 0.789. The summed E-state index contributed by atoms with van der Waals surface area (Å²) in [6.07, 6.45) is 6.87. The molecular weight excluding hydrogens is 483 g/mol. The van der Waals surface area contributed by atoms with E-state index < -0.39 is 10.1 Å². The Morgan fingerprint density at radius 1 is 1.26 bits per heavy atom. The monoisotopic (exact) mass is 514 g/mol. The molecule has 2 fully saturated rings. The summed E-state index contributed by atoms with van der Waals surface area (Å²) >= 11 is 2.15. The molecule has 0 aromatic carbocycles. The average Bonchev–Trinajstić information content (AvgIpc) is 2.95. The zero-order chi connectivity index (χ0) is 19.9. The molecule has 8 heteroatoms. The van der Waals surface area contributed by atoms with Gasteiger partial charge in [-0.3, -0.25) is 4.18 Å². The van der Waals surface area contributed by atoms with Crippen LogP contribution < -0.4 is 0 Å². The summed E-state index contributed by atoms with van der Waals surface area (Å²) in [5, 5.41) is 0. The zero-order valence-electron chi connectivity index (χ0n) is 16.0. The Balaban J connectivity index is 1.76. The van der Waals surface area contributed by atoms with Gasteiger partial charge in [0.1, 0.15) is 0 Å². The Hall–Kier alpha value is 0. The van der Waals surface area contributed by atoms with Crippen molar-refractivity contribution < 1.29 is 26.8 Å². The lowest BCUT2D eigenvalue weighted by molar-refractivity contribution is -0.184. The van der Waals surface area contributed by atoms with E-state index in [1.807, 2.05) is 0 Å². The summed E-state index contributed by atoms with van der Waals surface area (Å²) in [5.41, 5.74) is 1.07. The van der Waals surface area contributed by atoms with Crippen LogP contribution in [0.1, 0.15) is 51.4 Å². The van der Waals surface area contributed by atoms with Crippen LogP contribution >= 0.6 is 22.6 Å². The predicted octanol–water partition coefficient (Wildman–Crippen LogP) is 4.10. The number of hydrogen-bond donors (Lipinski definition) is 0. The van der Waals surface area contributed by atoms with Gasteiger partial charge in [-0.05, 0) is 76.7 Å². The largest absolute Gasteiger partial charge is 0.370 e. The molecular formula is C19H31IO6S. The molecule has 27 heavy (non-hydrogen) atoms. The third-order valence-electron chi connectivity index (χ3n) is 4.72. The van der Waals surface area contributed by atoms with Crippen molar-refractivity contribution in [3.63, 3.8) is 0 Å². The van der Waals surface area contributed by atoms with Crippen molar-refractivity contribution >= 4 is 32.7 Å². The molecule has 2 aliphatic rings. The molecule has 3 atom stereocenters. The molecule has 2 saturated heterocycles. The molecule has 0 unspecified atom stereocenters. The van der Waals surface area contributed by atoms with Crippen LogP contribution in [0.2, 0.25) is 0 Å². The van der Waals surface area contributed by atoms with Gasteiger partial charge in [-0.15, -0.1) is 0 Å². The van der Waals surface area contributed by atoms with Gasteiger partial charge in [-0.25, -0.2) is 0 Å². The van der Waals surface area contributed by atoms with E-state index in [-0.39, 0.29) is 24.6 Å². The van der Waals surface area contributed by atoms with Crippen LogP contribution in [-0.2, 0) is 28.5 Å². The lowest BCUT2D eigenvalue weighted by Gasteiger charge is -2.24. The Kier molecular flexibility index (Phi) is 9.70. The molecule has 0 bridgehead atoms. The highest BCUT2D eigenvalue weighted by molar-refractivity contribution is 14.1. The molecule has 2 heterocycles. The summed E-state index contributed by atoms with van der Waals surface area (Å²) < 4.78 is 46.6.